The van der Waals surface area contributed by atoms with Gasteiger partial charge in [-0.3, -0.25) is 10.1 Å². The quantitative estimate of drug-likeness (QED) is 0.534. The van der Waals surface area contributed by atoms with E-state index in [-0.39, 0.29) is 28.8 Å². The van der Waals surface area contributed by atoms with E-state index >= 15 is 0 Å². The van der Waals surface area contributed by atoms with Crippen molar-refractivity contribution in [1.82, 2.24) is 5.32 Å². The highest BCUT2D eigenvalue weighted by Gasteiger charge is 2.35. The first-order valence-electron chi connectivity index (χ1n) is 6.94. The summed E-state index contributed by atoms with van der Waals surface area (Å²) < 4.78 is 43.7. The van der Waals surface area contributed by atoms with Crippen molar-refractivity contribution in [3.8, 4) is 5.75 Å². The third-order valence-electron chi connectivity index (χ3n) is 3.16. The van der Waals surface area contributed by atoms with Crippen LogP contribution in [-0.4, -0.2) is 18.1 Å². The first-order chi connectivity index (χ1) is 11.7. The highest BCUT2D eigenvalue weighted by Crippen LogP contribution is 2.36. The molecule has 0 aliphatic rings. The first-order valence-corrected chi connectivity index (χ1v) is 7.34. The maximum Gasteiger partial charge on any atom is 0.419 e. The fourth-order valence-corrected chi connectivity index (χ4v) is 2.19. The summed E-state index contributed by atoms with van der Waals surface area (Å²) in [6.45, 7) is 0. The Balaban J connectivity index is 0.00000338. The van der Waals surface area contributed by atoms with E-state index in [0.717, 1.165) is 13.2 Å². The lowest BCUT2D eigenvalue weighted by atomic mass is 10.1. The number of nitrogen functional groups attached to an aromatic ring is 1. The molecule has 1 amide bonds. The van der Waals surface area contributed by atoms with Gasteiger partial charge in [0, 0.05) is 16.9 Å². The van der Waals surface area contributed by atoms with E-state index in [1.165, 1.54) is 6.07 Å². The van der Waals surface area contributed by atoms with Gasteiger partial charge < -0.3 is 15.8 Å². The molecule has 0 aliphatic carbocycles. The van der Waals surface area contributed by atoms with Crippen LogP contribution in [-0.2, 0) is 6.18 Å². The van der Waals surface area contributed by atoms with Gasteiger partial charge in [-0.1, -0.05) is 0 Å². The number of carbonyl (C=O) groups excluding carboxylic acids is 1. The zero-order valence-corrected chi connectivity index (χ0v) is 15.0. The van der Waals surface area contributed by atoms with E-state index in [9.17, 15) is 18.0 Å². The average molecular weight is 406 g/mol. The Bertz CT molecular complexity index is 798. The Morgan fingerprint density at radius 1 is 1.15 bits per heavy atom. The number of hydrogen-bond acceptors (Lipinski definition) is 4. The van der Waals surface area contributed by atoms with E-state index in [4.69, 9.17) is 18.0 Å². The third-order valence-corrected chi connectivity index (χ3v) is 3.37. The fraction of sp³-hybridized carbons (Fsp3) is 0.125. The third kappa shape index (κ3) is 5.50. The molecule has 0 spiro atoms. The second-order valence-electron chi connectivity index (χ2n) is 4.94. The van der Waals surface area contributed by atoms with E-state index in [0.29, 0.717) is 17.4 Å². The molecule has 10 heteroatoms. The molecular weight excluding hydrogens is 391 g/mol. The van der Waals surface area contributed by atoms with Crippen molar-refractivity contribution < 1.29 is 22.7 Å². The molecule has 4 N–H and O–H groups in total. The number of rotatable bonds is 3. The number of thiocarbonyl (C=S) groups is 1. The number of carbonyl (C=O) groups is 1. The number of ether oxygens (including phenoxy) is 1. The van der Waals surface area contributed by atoms with Crippen LogP contribution in [0.25, 0.3) is 0 Å². The van der Waals surface area contributed by atoms with Crippen molar-refractivity contribution in [3.63, 3.8) is 0 Å². The molecule has 26 heavy (non-hydrogen) atoms. The minimum atomic E-state index is -4.65. The number of anilines is 2. The van der Waals surface area contributed by atoms with Gasteiger partial charge in [-0.15, -0.1) is 12.4 Å². The van der Waals surface area contributed by atoms with Gasteiger partial charge in [0.2, 0.25) is 0 Å². The molecule has 0 saturated heterocycles. The van der Waals surface area contributed by atoms with Crippen LogP contribution in [0.3, 0.4) is 0 Å². The number of halogens is 4. The summed E-state index contributed by atoms with van der Waals surface area (Å²) >= 11 is 4.98. The highest BCUT2D eigenvalue weighted by atomic mass is 35.5. The van der Waals surface area contributed by atoms with Gasteiger partial charge >= 0.3 is 6.18 Å². The second kappa shape index (κ2) is 8.72. The van der Waals surface area contributed by atoms with Crippen molar-refractivity contribution in [2.45, 2.75) is 6.18 Å². The van der Waals surface area contributed by atoms with E-state index in [2.05, 4.69) is 15.4 Å². The summed E-state index contributed by atoms with van der Waals surface area (Å²) in [5.74, 6) is -1.15. The summed E-state index contributed by atoms with van der Waals surface area (Å²) in [6, 6.07) is 9.55. The normalized spacial score (nSPS) is 10.5. The number of alkyl halides is 3. The molecule has 5 nitrogen and oxygen atoms in total. The Morgan fingerprint density at radius 2 is 1.77 bits per heavy atom. The largest absolute Gasteiger partial charge is 0.496 e. The zero-order valence-electron chi connectivity index (χ0n) is 13.4. The van der Waals surface area contributed by atoms with Crippen LogP contribution < -0.4 is 21.1 Å². The monoisotopic (exact) mass is 405 g/mol. The summed E-state index contributed by atoms with van der Waals surface area (Å²) in [5, 5.41) is 5.00. The summed E-state index contributed by atoms with van der Waals surface area (Å²) in [5.41, 5.74) is 5.44. The fourth-order valence-electron chi connectivity index (χ4n) is 1.97. The van der Waals surface area contributed by atoms with Gasteiger partial charge in [0.15, 0.2) is 5.11 Å². The van der Waals surface area contributed by atoms with Gasteiger partial charge in [0.25, 0.3) is 5.91 Å². The lowest BCUT2D eigenvalue weighted by Crippen LogP contribution is -2.34. The SMILES string of the molecule is COc1ccc(C(=O)NC(=S)Nc2ccc(N)cc2)cc1C(F)(F)F.Cl. The lowest BCUT2D eigenvalue weighted by Gasteiger charge is -2.14. The predicted octanol–water partition coefficient (Wildman–Crippen LogP) is 3.84. The van der Waals surface area contributed by atoms with Crippen LogP contribution in [0.2, 0.25) is 0 Å². The maximum absolute atomic E-state index is 13.0. The molecule has 0 saturated carbocycles. The number of benzene rings is 2. The average Bonchev–Trinajstić information content (AvgIpc) is 2.55. The van der Waals surface area contributed by atoms with Gasteiger partial charge in [-0.05, 0) is 54.7 Å². The van der Waals surface area contributed by atoms with Crippen molar-refractivity contribution in [1.29, 1.82) is 0 Å². The minimum Gasteiger partial charge on any atom is -0.496 e. The number of methoxy groups -OCH3 is 1. The summed E-state index contributed by atoms with van der Waals surface area (Å²) in [6.07, 6.45) is -4.65. The number of hydrogen-bond donors (Lipinski definition) is 3. The molecule has 0 radical (unpaired) electrons. The van der Waals surface area contributed by atoms with Crippen molar-refractivity contribution in [3.05, 3.63) is 53.6 Å². The standard InChI is InChI=1S/C16H14F3N3O2S.ClH/c1-24-13-7-2-9(8-12(13)16(17,18)19)14(23)22-15(25)21-11-5-3-10(20)4-6-11;/h2-8H,20H2,1H3,(H2,21,22,23,25);1H. The summed E-state index contributed by atoms with van der Waals surface area (Å²) in [7, 11) is 1.12. The topological polar surface area (TPSA) is 76.4 Å². The lowest BCUT2D eigenvalue weighted by molar-refractivity contribution is -0.138. The van der Waals surface area contributed by atoms with Crippen LogP contribution in [0.1, 0.15) is 15.9 Å². The van der Waals surface area contributed by atoms with Crippen LogP contribution in [0, 0.1) is 0 Å². The van der Waals surface area contributed by atoms with Gasteiger partial charge in [0.1, 0.15) is 5.75 Å². The molecular formula is C16H15ClF3N3O2S. The molecule has 2 aromatic rings. The zero-order chi connectivity index (χ0) is 18.6. The molecule has 0 unspecified atom stereocenters. The molecule has 0 atom stereocenters. The van der Waals surface area contributed by atoms with Crippen LogP contribution in [0.4, 0.5) is 24.5 Å². The maximum atomic E-state index is 13.0. The molecule has 2 rings (SSSR count). The van der Waals surface area contributed by atoms with E-state index in [1.54, 1.807) is 24.3 Å². The molecule has 140 valence electrons. The van der Waals surface area contributed by atoms with Crippen molar-refractivity contribution in [2.24, 2.45) is 0 Å². The molecule has 0 bridgehead atoms. The summed E-state index contributed by atoms with van der Waals surface area (Å²) in [4.78, 5) is 12.1. The Labute approximate surface area is 159 Å². The second-order valence-corrected chi connectivity index (χ2v) is 5.35. The first kappa shape index (κ1) is 21.5. The molecule has 0 fully saturated rings. The minimum absolute atomic E-state index is 0. The number of amides is 1. The Hall–Kier alpha value is -2.52. The molecule has 2 aromatic carbocycles. The van der Waals surface area contributed by atoms with Crippen LogP contribution in [0.5, 0.6) is 5.75 Å². The van der Waals surface area contributed by atoms with Crippen molar-refractivity contribution >= 4 is 47.0 Å². The van der Waals surface area contributed by atoms with Crippen molar-refractivity contribution in [2.75, 3.05) is 18.2 Å². The number of nitrogens with two attached hydrogens (primary N) is 1. The van der Waals surface area contributed by atoms with Gasteiger partial charge in [-0.25, -0.2) is 0 Å². The Morgan fingerprint density at radius 3 is 2.31 bits per heavy atom. The van der Waals surface area contributed by atoms with Gasteiger partial charge in [0.05, 0.1) is 12.7 Å². The Kier molecular flexibility index (Phi) is 7.22. The number of nitrogens with one attached hydrogen (secondary N) is 2. The molecule has 0 aliphatic heterocycles. The predicted molar refractivity (Wildman–Crippen MR) is 99.8 cm³/mol. The van der Waals surface area contributed by atoms with Crippen LogP contribution in [0.15, 0.2) is 42.5 Å². The van der Waals surface area contributed by atoms with E-state index < -0.39 is 17.6 Å². The van der Waals surface area contributed by atoms with Crippen LogP contribution >= 0.6 is 24.6 Å². The van der Waals surface area contributed by atoms with E-state index in [1.807, 2.05) is 0 Å². The molecule has 0 aromatic heterocycles. The van der Waals surface area contributed by atoms with Gasteiger partial charge in [-0.2, -0.15) is 13.2 Å². The smallest absolute Gasteiger partial charge is 0.419 e. The molecule has 0 heterocycles. The highest BCUT2D eigenvalue weighted by molar-refractivity contribution is 7.80.